The van der Waals surface area contributed by atoms with E-state index >= 15 is 0 Å². The van der Waals surface area contributed by atoms with Crippen molar-refractivity contribution in [3.63, 3.8) is 0 Å². The van der Waals surface area contributed by atoms with Gasteiger partial charge in [0.15, 0.2) is 6.61 Å². The smallest absolute Gasteiger partial charge is 0.348 e. The van der Waals surface area contributed by atoms with Gasteiger partial charge in [0, 0.05) is 28.8 Å². The number of fused-ring (bicyclic) bond motifs is 1. The summed E-state index contributed by atoms with van der Waals surface area (Å²) < 4.78 is 18.5. The third-order valence-corrected chi connectivity index (χ3v) is 4.99. The highest BCUT2D eigenvalue weighted by molar-refractivity contribution is 7.20. The number of hydrogen-bond donors (Lipinski definition) is 1. The molecule has 9 heteroatoms. The molecular formula is C19H15FN2O5S. The fraction of sp³-hybridized carbons (Fsp3) is 0.158. The zero-order valence-corrected chi connectivity index (χ0v) is 15.3. The van der Waals surface area contributed by atoms with Crippen molar-refractivity contribution in [3.8, 4) is 0 Å². The molecule has 0 saturated heterocycles. The molecule has 3 rings (SSSR count). The molecule has 144 valence electrons. The Morgan fingerprint density at radius 1 is 1.14 bits per heavy atom. The second-order valence-corrected chi connectivity index (χ2v) is 6.98. The first-order chi connectivity index (χ1) is 13.4. The number of carbonyl (C=O) groups is 2. The Balaban J connectivity index is 1.49. The summed E-state index contributed by atoms with van der Waals surface area (Å²) in [5.41, 5.74) is 0.809. The molecule has 0 aliphatic carbocycles. The van der Waals surface area contributed by atoms with Crippen LogP contribution in [0.2, 0.25) is 0 Å². The number of nitrogens with one attached hydrogen (secondary N) is 1. The van der Waals surface area contributed by atoms with Gasteiger partial charge >= 0.3 is 5.97 Å². The summed E-state index contributed by atoms with van der Waals surface area (Å²) in [6.45, 7) is -0.106. The highest BCUT2D eigenvalue weighted by Gasteiger charge is 2.15. The van der Waals surface area contributed by atoms with Gasteiger partial charge in [0.2, 0.25) is 0 Å². The maximum absolute atomic E-state index is 12.8. The Labute approximate surface area is 162 Å². The van der Waals surface area contributed by atoms with E-state index in [9.17, 15) is 24.1 Å². The predicted octanol–water partition coefficient (Wildman–Crippen LogP) is 3.46. The van der Waals surface area contributed by atoms with Crippen LogP contribution in [0.5, 0.6) is 0 Å². The first kappa shape index (κ1) is 19.4. The summed E-state index contributed by atoms with van der Waals surface area (Å²) in [5.74, 6) is -1.44. The van der Waals surface area contributed by atoms with Crippen molar-refractivity contribution in [3.05, 3.63) is 74.9 Å². The molecule has 0 spiro atoms. The molecule has 0 radical (unpaired) electrons. The number of rotatable bonds is 7. The van der Waals surface area contributed by atoms with E-state index in [1.807, 2.05) is 0 Å². The molecule has 0 aliphatic rings. The van der Waals surface area contributed by atoms with Crippen molar-refractivity contribution >= 4 is 39.0 Å². The van der Waals surface area contributed by atoms with Crippen LogP contribution in [0, 0.1) is 15.9 Å². The Morgan fingerprint density at radius 3 is 2.61 bits per heavy atom. The van der Waals surface area contributed by atoms with Crippen LogP contribution in [0.15, 0.2) is 48.5 Å². The number of amides is 1. The van der Waals surface area contributed by atoms with Gasteiger partial charge in [-0.3, -0.25) is 14.9 Å². The minimum atomic E-state index is -0.669. The number of carbonyl (C=O) groups excluding carboxylic acids is 2. The minimum Gasteiger partial charge on any atom is -0.451 e. The molecule has 0 aliphatic heterocycles. The third-order valence-electron chi connectivity index (χ3n) is 3.90. The number of hydrogen-bond acceptors (Lipinski definition) is 6. The fourth-order valence-electron chi connectivity index (χ4n) is 2.50. The summed E-state index contributed by atoms with van der Waals surface area (Å²) in [6.07, 6.45) is 0.523. The first-order valence-corrected chi connectivity index (χ1v) is 9.10. The molecule has 3 aromatic rings. The second kappa shape index (κ2) is 8.57. The molecule has 7 nitrogen and oxygen atoms in total. The zero-order valence-electron chi connectivity index (χ0n) is 14.5. The molecule has 0 saturated carbocycles. The van der Waals surface area contributed by atoms with Gasteiger partial charge in [0.25, 0.3) is 11.6 Å². The van der Waals surface area contributed by atoms with E-state index in [1.54, 1.807) is 18.2 Å². The Bertz CT molecular complexity index is 1030. The Kier molecular flexibility index (Phi) is 5.95. The Morgan fingerprint density at radius 2 is 1.89 bits per heavy atom. The predicted molar refractivity (Wildman–Crippen MR) is 102 cm³/mol. The lowest BCUT2D eigenvalue weighted by molar-refractivity contribution is -0.384. The van der Waals surface area contributed by atoms with Gasteiger partial charge < -0.3 is 10.1 Å². The monoisotopic (exact) mass is 402 g/mol. The van der Waals surface area contributed by atoms with Crippen molar-refractivity contribution in [2.24, 2.45) is 0 Å². The molecule has 1 N–H and O–H groups in total. The molecule has 0 unspecified atom stereocenters. The summed E-state index contributed by atoms with van der Waals surface area (Å²) in [4.78, 5) is 34.5. The van der Waals surface area contributed by atoms with Gasteiger partial charge in [0.05, 0.1) is 4.92 Å². The lowest BCUT2D eigenvalue weighted by Crippen LogP contribution is -2.30. The molecular weight excluding hydrogens is 387 g/mol. The van der Waals surface area contributed by atoms with Crippen LogP contribution >= 0.6 is 11.3 Å². The minimum absolute atomic E-state index is 0.0641. The summed E-state index contributed by atoms with van der Waals surface area (Å²) in [5, 5.41) is 14.0. The number of nitro benzene ring substituents is 1. The van der Waals surface area contributed by atoms with E-state index in [2.05, 4.69) is 5.32 Å². The van der Waals surface area contributed by atoms with Crippen LogP contribution in [0.3, 0.4) is 0 Å². The average Bonchev–Trinajstić information content (AvgIpc) is 3.11. The molecule has 1 aromatic heterocycles. The molecule has 2 aromatic carbocycles. The van der Waals surface area contributed by atoms with Gasteiger partial charge in [-0.15, -0.1) is 11.3 Å². The lowest BCUT2D eigenvalue weighted by atomic mass is 10.1. The number of esters is 1. The van der Waals surface area contributed by atoms with E-state index in [0.717, 1.165) is 16.9 Å². The van der Waals surface area contributed by atoms with E-state index in [4.69, 9.17) is 4.74 Å². The van der Waals surface area contributed by atoms with Gasteiger partial charge in [-0.25, -0.2) is 9.18 Å². The standard InChI is InChI=1S/C19H15FN2O5S/c20-14-3-1-12(2-4-14)7-8-21-18(23)11-27-19(24)17-10-13-9-15(22(25)26)5-6-16(13)28-17/h1-6,9-10H,7-8,11H2,(H,21,23). The molecule has 1 heterocycles. The number of non-ortho nitro benzene ring substituents is 1. The molecule has 0 bridgehead atoms. The maximum atomic E-state index is 12.8. The third kappa shape index (κ3) is 4.89. The van der Waals surface area contributed by atoms with Gasteiger partial charge in [-0.1, -0.05) is 12.1 Å². The fourth-order valence-corrected chi connectivity index (χ4v) is 3.43. The second-order valence-electron chi connectivity index (χ2n) is 5.89. The van der Waals surface area contributed by atoms with Crippen molar-refractivity contribution in [2.75, 3.05) is 13.2 Å². The Hall–Kier alpha value is -3.33. The summed E-state index contributed by atoms with van der Waals surface area (Å²) in [7, 11) is 0. The van der Waals surface area contributed by atoms with Crippen molar-refractivity contribution < 1.29 is 23.6 Å². The first-order valence-electron chi connectivity index (χ1n) is 8.28. The number of ether oxygens (including phenoxy) is 1. The van der Waals surface area contributed by atoms with E-state index in [-0.39, 0.29) is 16.4 Å². The number of nitrogens with zero attached hydrogens (tertiary/aromatic N) is 1. The topological polar surface area (TPSA) is 98.5 Å². The van der Waals surface area contributed by atoms with Crippen LogP contribution in [0.25, 0.3) is 10.1 Å². The normalized spacial score (nSPS) is 10.6. The number of nitro groups is 1. The van der Waals surface area contributed by atoms with Crippen LogP contribution in [0.1, 0.15) is 15.2 Å². The SMILES string of the molecule is O=C(COC(=O)c1cc2cc([N+](=O)[O-])ccc2s1)NCCc1ccc(F)cc1. The molecule has 0 fully saturated rings. The van der Waals surface area contributed by atoms with Crippen molar-refractivity contribution in [2.45, 2.75) is 6.42 Å². The van der Waals surface area contributed by atoms with Gasteiger partial charge in [-0.2, -0.15) is 0 Å². The summed E-state index contributed by atoms with van der Waals surface area (Å²) >= 11 is 1.13. The zero-order chi connectivity index (χ0) is 20.1. The number of thiophene rings is 1. The maximum Gasteiger partial charge on any atom is 0.348 e. The van der Waals surface area contributed by atoms with Crippen LogP contribution < -0.4 is 5.32 Å². The average molecular weight is 402 g/mol. The van der Waals surface area contributed by atoms with E-state index in [0.29, 0.717) is 23.1 Å². The molecule has 1 amide bonds. The van der Waals surface area contributed by atoms with Crippen LogP contribution in [-0.4, -0.2) is 30.0 Å². The van der Waals surface area contributed by atoms with E-state index < -0.39 is 23.4 Å². The van der Waals surface area contributed by atoms with Crippen LogP contribution in [0.4, 0.5) is 10.1 Å². The van der Waals surface area contributed by atoms with Crippen LogP contribution in [-0.2, 0) is 16.0 Å². The van der Waals surface area contributed by atoms with Crippen molar-refractivity contribution in [1.29, 1.82) is 0 Å². The summed E-state index contributed by atoms with van der Waals surface area (Å²) in [6, 6.07) is 11.8. The molecule has 28 heavy (non-hydrogen) atoms. The lowest BCUT2D eigenvalue weighted by Gasteiger charge is -2.06. The van der Waals surface area contributed by atoms with Gasteiger partial charge in [-0.05, 0) is 36.2 Å². The van der Waals surface area contributed by atoms with Gasteiger partial charge in [0.1, 0.15) is 10.7 Å². The quantitative estimate of drug-likeness (QED) is 0.371. The number of halogens is 1. The van der Waals surface area contributed by atoms with E-state index in [1.165, 1.54) is 30.3 Å². The molecule has 0 atom stereocenters. The largest absolute Gasteiger partial charge is 0.451 e. The highest BCUT2D eigenvalue weighted by atomic mass is 32.1. The highest BCUT2D eigenvalue weighted by Crippen LogP contribution is 2.29. The van der Waals surface area contributed by atoms with Crippen molar-refractivity contribution in [1.82, 2.24) is 5.32 Å². The number of benzene rings is 2.